The molecule has 0 spiro atoms. The number of amides is 1. The molecule has 29 heavy (non-hydrogen) atoms. The Labute approximate surface area is 190 Å². The van der Waals surface area contributed by atoms with Gasteiger partial charge in [0.25, 0.3) is 5.91 Å². The van der Waals surface area contributed by atoms with Gasteiger partial charge in [0.15, 0.2) is 5.96 Å². The van der Waals surface area contributed by atoms with Gasteiger partial charge in [0.05, 0.1) is 12.2 Å². The predicted molar refractivity (Wildman–Crippen MR) is 128 cm³/mol. The molecule has 1 aromatic carbocycles. The van der Waals surface area contributed by atoms with E-state index in [1.54, 1.807) is 14.1 Å². The molecule has 0 aliphatic heterocycles. The van der Waals surface area contributed by atoms with Gasteiger partial charge in [-0.3, -0.25) is 14.5 Å². The highest BCUT2D eigenvalue weighted by Gasteiger charge is 2.16. The maximum absolute atomic E-state index is 11.8. The minimum atomic E-state index is -0.0718. The number of nitrogens with one attached hydrogen (secondary N) is 3. The third kappa shape index (κ3) is 7.65. The van der Waals surface area contributed by atoms with Crippen molar-refractivity contribution < 1.29 is 4.79 Å². The number of rotatable bonds is 8. The molecule has 3 N–H and O–H groups in total. The average molecular weight is 513 g/mol. The summed E-state index contributed by atoms with van der Waals surface area (Å²) in [4.78, 5) is 18.2. The molecule has 0 saturated heterocycles. The van der Waals surface area contributed by atoms with Crippen molar-refractivity contribution in [2.75, 3.05) is 41.3 Å². The van der Waals surface area contributed by atoms with E-state index in [-0.39, 0.29) is 35.9 Å². The molecule has 9 heteroatoms. The Bertz CT molecular complexity index is 804. The summed E-state index contributed by atoms with van der Waals surface area (Å²) in [5.74, 6) is 0.676. The Hall–Kier alpha value is -2.14. The zero-order valence-electron chi connectivity index (χ0n) is 17.8. The maximum Gasteiger partial charge on any atom is 0.251 e. The molecule has 0 aliphatic carbocycles. The van der Waals surface area contributed by atoms with Crippen molar-refractivity contribution in [1.82, 2.24) is 30.6 Å². The molecule has 1 aromatic heterocycles. The third-order valence-electron chi connectivity index (χ3n) is 4.54. The zero-order valence-corrected chi connectivity index (χ0v) is 20.1. The SMILES string of the molecule is CN=C(NCCc1cccc(C(=O)NC)c1)NCC(c1cnn(C)c1)N(C)C.I. The lowest BCUT2D eigenvalue weighted by atomic mass is 10.1. The molecule has 0 saturated carbocycles. The van der Waals surface area contributed by atoms with Crippen LogP contribution in [0.25, 0.3) is 0 Å². The van der Waals surface area contributed by atoms with Crippen molar-refractivity contribution in [3.63, 3.8) is 0 Å². The summed E-state index contributed by atoms with van der Waals surface area (Å²) < 4.78 is 1.81. The van der Waals surface area contributed by atoms with Crippen molar-refractivity contribution in [3.8, 4) is 0 Å². The lowest BCUT2D eigenvalue weighted by Gasteiger charge is -2.24. The molecule has 0 fully saturated rings. The van der Waals surface area contributed by atoms with Crippen molar-refractivity contribution in [2.24, 2.45) is 12.0 Å². The molecule has 0 aliphatic rings. The molecule has 0 radical (unpaired) electrons. The van der Waals surface area contributed by atoms with Gasteiger partial charge < -0.3 is 20.9 Å². The average Bonchev–Trinajstić information content (AvgIpc) is 3.12. The number of aryl methyl sites for hydroxylation is 1. The Morgan fingerprint density at radius 2 is 2.07 bits per heavy atom. The highest BCUT2D eigenvalue weighted by Crippen LogP contribution is 2.16. The molecular formula is C20H32IN7O. The first-order valence-electron chi connectivity index (χ1n) is 9.35. The molecule has 8 nitrogen and oxygen atoms in total. The maximum atomic E-state index is 11.8. The molecule has 2 aromatic rings. The number of nitrogens with zero attached hydrogens (tertiary/aromatic N) is 4. The van der Waals surface area contributed by atoms with Crippen molar-refractivity contribution in [1.29, 1.82) is 0 Å². The van der Waals surface area contributed by atoms with Crippen molar-refractivity contribution in [3.05, 3.63) is 53.3 Å². The van der Waals surface area contributed by atoms with Crippen molar-refractivity contribution >= 4 is 35.8 Å². The van der Waals surface area contributed by atoms with E-state index in [1.807, 2.05) is 48.4 Å². The first kappa shape index (κ1) is 24.9. The number of benzene rings is 1. The van der Waals surface area contributed by atoms with Crippen LogP contribution in [0.3, 0.4) is 0 Å². The second-order valence-electron chi connectivity index (χ2n) is 6.84. The monoisotopic (exact) mass is 513 g/mol. The Morgan fingerprint density at radius 3 is 2.66 bits per heavy atom. The topological polar surface area (TPSA) is 86.6 Å². The number of aliphatic imine (C=N–C) groups is 1. The van der Waals surface area contributed by atoms with E-state index in [0.29, 0.717) is 12.1 Å². The van der Waals surface area contributed by atoms with Gasteiger partial charge in [-0.15, -0.1) is 24.0 Å². The lowest BCUT2D eigenvalue weighted by Crippen LogP contribution is -2.42. The molecule has 2 rings (SSSR count). The molecule has 1 heterocycles. The standard InChI is InChI=1S/C20H31N7O.HI/c1-21-19(28)16-8-6-7-15(11-16)9-10-23-20(22-2)24-13-18(26(3)4)17-12-25-27(5)14-17;/h6-8,11-12,14,18H,9-10,13H2,1-5H3,(H,21,28)(H2,22,23,24);1H. The van der Waals surface area contributed by atoms with Crippen LogP contribution in [-0.4, -0.2) is 67.8 Å². The van der Waals surface area contributed by atoms with Crippen LogP contribution in [0.1, 0.15) is 27.5 Å². The number of hydrogen-bond acceptors (Lipinski definition) is 4. The normalized spacial score (nSPS) is 12.3. The van der Waals surface area contributed by atoms with Crippen LogP contribution in [0.15, 0.2) is 41.7 Å². The second-order valence-corrected chi connectivity index (χ2v) is 6.84. The highest BCUT2D eigenvalue weighted by molar-refractivity contribution is 14.0. The Kier molecular flexibility index (Phi) is 10.7. The largest absolute Gasteiger partial charge is 0.356 e. The summed E-state index contributed by atoms with van der Waals surface area (Å²) in [6.45, 7) is 1.43. The molecule has 1 amide bonds. The lowest BCUT2D eigenvalue weighted by molar-refractivity contribution is 0.0963. The van der Waals surface area contributed by atoms with Crippen LogP contribution in [0.4, 0.5) is 0 Å². The van der Waals surface area contributed by atoms with Gasteiger partial charge in [0.2, 0.25) is 0 Å². The van der Waals surface area contributed by atoms with Crippen LogP contribution in [0, 0.1) is 0 Å². The van der Waals surface area contributed by atoms with Crippen LogP contribution in [0.5, 0.6) is 0 Å². The first-order valence-corrected chi connectivity index (χ1v) is 9.35. The fraction of sp³-hybridized carbons (Fsp3) is 0.450. The van der Waals surface area contributed by atoms with Gasteiger partial charge in [-0.05, 0) is 38.2 Å². The number of halogens is 1. The van der Waals surface area contributed by atoms with Crippen LogP contribution in [0.2, 0.25) is 0 Å². The summed E-state index contributed by atoms with van der Waals surface area (Å²) >= 11 is 0. The summed E-state index contributed by atoms with van der Waals surface area (Å²) in [6, 6.07) is 7.85. The van der Waals surface area contributed by atoms with Gasteiger partial charge in [0, 0.05) is 51.6 Å². The third-order valence-corrected chi connectivity index (χ3v) is 4.54. The number of likely N-dealkylation sites (N-methyl/N-ethyl adjacent to an activating group) is 1. The number of carbonyl (C=O) groups is 1. The molecule has 160 valence electrons. The summed E-state index contributed by atoms with van der Waals surface area (Å²) in [5.41, 5.74) is 2.93. The van der Waals surface area contributed by atoms with Gasteiger partial charge in [-0.1, -0.05) is 12.1 Å². The minimum absolute atomic E-state index is 0. The summed E-state index contributed by atoms with van der Waals surface area (Å²) in [6.07, 6.45) is 4.72. The number of aromatic nitrogens is 2. The zero-order chi connectivity index (χ0) is 20.5. The number of guanidine groups is 1. The van der Waals surface area contributed by atoms with Crippen molar-refractivity contribution in [2.45, 2.75) is 12.5 Å². The predicted octanol–water partition coefficient (Wildman–Crippen LogP) is 1.41. The smallest absolute Gasteiger partial charge is 0.251 e. The van der Waals surface area contributed by atoms with Crippen LogP contribution >= 0.6 is 24.0 Å². The molecule has 1 unspecified atom stereocenters. The second kappa shape index (κ2) is 12.4. The Morgan fingerprint density at radius 1 is 1.31 bits per heavy atom. The van der Waals surface area contributed by atoms with Crippen LogP contribution < -0.4 is 16.0 Å². The highest BCUT2D eigenvalue weighted by atomic mass is 127. The summed E-state index contributed by atoms with van der Waals surface area (Å²) in [5, 5.41) is 13.6. The van der Waals surface area contributed by atoms with Gasteiger partial charge in [-0.2, -0.15) is 5.10 Å². The van der Waals surface area contributed by atoms with E-state index in [9.17, 15) is 4.79 Å². The van der Waals surface area contributed by atoms with Gasteiger partial charge in [-0.25, -0.2) is 0 Å². The minimum Gasteiger partial charge on any atom is -0.356 e. The number of hydrogen-bond donors (Lipinski definition) is 3. The number of carbonyl (C=O) groups excluding carboxylic acids is 1. The fourth-order valence-electron chi connectivity index (χ4n) is 2.96. The van der Waals surface area contributed by atoms with Gasteiger partial charge >= 0.3 is 0 Å². The summed E-state index contributed by atoms with van der Waals surface area (Å²) in [7, 11) is 9.42. The van der Waals surface area contributed by atoms with E-state index >= 15 is 0 Å². The van der Waals surface area contributed by atoms with E-state index in [0.717, 1.165) is 30.1 Å². The molecule has 0 bridgehead atoms. The van der Waals surface area contributed by atoms with E-state index in [2.05, 4.69) is 45.0 Å². The molecule has 1 atom stereocenters. The quantitative estimate of drug-likeness (QED) is 0.283. The van der Waals surface area contributed by atoms with E-state index < -0.39 is 0 Å². The fourth-order valence-corrected chi connectivity index (χ4v) is 2.96. The van der Waals surface area contributed by atoms with Crippen LogP contribution in [-0.2, 0) is 13.5 Å². The van der Waals surface area contributed by atoms with E-state index in [4.69, 9.17) is 0 Å². The van der Waals surface area contributed by atoms with E-state index in [1.165, 1.54) is 0 Å². The Balaban J connectivity index is 0.00000420. The first-order chi connectivity index (χ1) is 13.4. The molecular weight excluding hydrogens is 481 g/mol. The van der Waals surface area contributed by atoms with Gasteiger partial charge in [0.1, 0.15) is 0 Å².